The zero-order valence-corrected chi connectivity index (χ0v) is 18.9. The summed E-state index contributed by atoms with van der Waals surface area (Å²) in [5, 5.41) is 6.61. The molecule has 1 saturated heterocycles. The van der Waals surface area contributed by atoms with Crippen LogP contribution in [0.4, 0.5) is 13.2 Å². The normalized spacial score (nSPS) is 15.9. The van der Waals surface area contributed by atoms with Crippen LogP contribution in [0.2, 0.25) is 0 Å². The lowest BCUT2D eigenvalue weighted by molar-refractivity contribution is -0.142. The van der Waals surface area contributed by atoms with Gasteiger partial charge >= 0.3 is 6.18 Å². The highest BCUT2D eigenvalue weighted by Crippen LogP contribution is 2.30. The highest BCUT2D eigenvalue weighted by Gasteiger charge is 2.37. The number of aliphatic imine (C=N–C) groups is 1. The van der Waals surface area contributed by atoms with E-state index in [0.29, 0.717) is 11.9 Å². The Hall–Kier alpha value is -1.78. The third-order valence-electron chi connectivity index (χ3n) is 5.10. The fourth-order valence-electron chi connectivity index (χ4n) is 3.71. The number of hydrogen-bond acceptors (Lipinski definition) is 2. The molecule has 0 unspecified atom stereocenters. The number of piperidine rings is 1. The molecule has 0 bridgehead atoms. The van der Waals surface area contributed by atoms with Gasteiger partial charge in [-0.1, -0.05) is 30.3 Å². The molecule has 1 aromatic carbocycles. The van der Waals surface area contributed by atoms with Crippen molar-refractivity contribution >= 4 is 29.9 Å². The lowest BCUT2D eigenvalue weighted by Gasteiger charge is -2.34. The van der Waals surface area contributed by atoms with Gasteiger partial charge in [0, 0.05) is 45.5 Å². The van der Waals surface area contributed by atoms with Crippen molar-refractivity contribution in [2.75, 3.05) is 20.1 Å². The van der Waals surface area contributed by atoms with E-state index in [1.807, 2.05) is 6.07 Å². The number of aromatic nitrogens is 2. The Bertz CT molecular complexity index is 796. The summed E-state index contributed by atoms with van der Waals surface area (Å²) in [6.45, 7) is 1.73. The average Bonchev–Trinajstić information content (AvgIpc) is 3.05. The Kier molecular flexibility index (Phi) is 8.35. The standard InChI is InChI=1S/C20H26F3N5.HI/c1-24-19(25-13-17-14-27(2)26-18(17)20(21,22)23)28-10-8-16(9-11-28)12-15-6-4-3-5-7-15;/h3-7,14,16H,8-13H2,1-2H3,(H,24,25);1H. The molecule has 0 amide bonds. The summed E-state index contributed by atoms with van der Waals surface area (Å²) >= 11 is 0. The zero-order valence-electron chi connectivity index (χ0n) is 16.6. The summed E-state index contributed by atoms with van der Waals surface area (Å²) < 4.78 is 40.5. The first-order chi connectivity index (χ1) is 13.4. The molecular weight excluding hydrogens is 494 g/mol. The Balaban J connectivity index is 0.00000300. The van der Waals surface area contributed by atoms with Gasteiger partial charge in [-0.3, -0.25) is 9.67 Å². The van der Waals surface area contributed by atoms with Gasteiger partial charge in [0.1, 0.15) is 0 Å². The number of nitrogens with zero attached hydrogens (tertiary/aromatic N) is 4. The summed E-state index contributed by atoms with van der Waals surface area (Å²) in [4.78, 5) is 6.37. The fraction of sp³-hybridized carbons (Fsp3) is 0.500. The number of aryl methyl sites for hydroxylation is 1. The van der Waals surface area contributed by atoms with Crippen molar-refractivity contribution in [1.29, 1.82) is 0 Å². The van der Waals surface area contributed by atoms with Crippen molar-refractivity contribution in [3.05, 3.63) is 53.3 Å². The van der Waals surface area contributed by atoms with E-state index in [1.165, 1.54) is 23.5 Å². The summed E-state index contributed by atoms with van der Waals surface area (Å²) in [5.41, 5.74) is 0.620. The molecular formula is C20H27F3IN5. The minimum absolute atomic E-state index is 0. The molecule has 160 valence electrons. The van der Waals surface area contributed by atoms with Gasteiger partial charge in [-0.2, -0.15) is 18.3 Å². The number of rotatable bonds is 4. The molecule has 0 atom stereocenters. The van der Waals surface area contributed by atoms with Gasteiger partial charge in [0.2, 0.25) is 0 Å². The molecule has 1 fully saturated rings. The SMILES string of the molecule is CN=C(NCc1cn(C)nc1C(F)(F)F)N1CCC(Cc2ccccc2)CC1.I. The molecule has 0 saturated carbocycles. The Morgan fingerprint density at radius 2 is 1.86 bits per heavy atom. The van der Waals surface area contributed by atoms with Crippen LogP contribution < -0.4 is 5.32 Å². The summed E-state index contributed by atoms with van der Waals surface area (Å²) in [5.74, 6) is 1.25. The lowest BCUT2D eigenvalue weighted by atomic mass is 9.90. The van der Waals surface area contributed by atoms with Crippen LogP contribution >= 0.6 is 24.0 Å². The first kappa shape index (κ1) is 23.5. The maximum absolute atomic E-state index is 13.1. The molecule has 29 heavy (non-hydrogen) atoms. The Labute approximate surface area is 186 Å². The van der Waals surface area contributed by atoms with Crippen molar-refractivity contribution in [2.45, 2.75) is 32.0 Å². The second-order valence-electron chi connectivity index (χ2n) is 7.20. The van der Waals surface area contributed by atoms with Gasteiger partial charge < -0.3 is 10.2 Å². The number of likely N-dealkylation sites (tertiary alicyclic amines) is 1. The fourth-order valence-corrected chi connectivity index (χ4v) is 3.71. The van der Waals surface area contributed by atoms with Crippen LogP contribution in [0.1, 0.15) is 29.7 Å². The van der Waals surface area contributed by atoms with Crippen LogP contribution in [0.3, 0.4) is 0 Å². The van der Waals surface area contributed by atoms with Crippen LogP contribution in [-0.2, 0) is 26.2 Å². The topological polar surface area (TPSA) is 45.5 Å². The zero-order chi connectivity index (χ0) is 20.1. The number of hydrogen-bond donors (Lipinski definition) is 1. The third kappa shape index (κ3) is 6.35. The molecule has 0 aliphatic carbocycles. The Morgan fingerprint density at radius 3 is 2.45 bits per heavy atom. The number of benzene rings is 1. The molecule has 3 rings (SSSR count). The van der Waals surface area contributed by atoms with Crippen LogP contribution in [0.25, 0.3) is 0 Å². The molecule has 1 N–H and O–H groups in total. The molecule has 1 aromatic heterocycles. The predicted octanol–water partition coefficient (Wildman–Crippen LogP) is 4.09. The van der Waals surface area contributed by atoms with Crippen LogP contribution in [0, 0.1) is 5.92 Å². The minimum atomic E-state index is -4.46. The second-order valence-corrected chi connectivity index (χ2v) is 7.20. The molecule has 9 heteroatoms. The largest absolute Gasteiger partial charge is 0.435 e. The van der Waals surface area contributed by atoms with Crippen molar-refractivity contribution in [2.24, 2.45) is 18.0 Å². The molecule has 5 nitrogen and oxygen atoms in total. The van der Waals surface area contributed by atoms with Crippen LogP contribution in [0.15, 0.2) is 41.5 Å². The van der Waals surface area contributed by atoms with E-state index in [9.17, 15) is 13.2 Å². The lowest BCUT2D eigenvalue weighted by Crippen LogP contribution is -2.45. The van der Waals surface area contributed by atoms with Gasteiger partial charge in [-0.05, 0) is 30.7 Å². The summed E-state index contributed by atoms with van der Waals surface area (Å²) in [6.07, 6.45) is 0.0741. The van der Waals surface area contributed by atoms with Crippen LogP contribution in [-0.4, -0.2) is 40.8 Å². The predicted molar refractivity (Wildman–Crippen MR) is 118 cm³/mol. The number of halogens is 4. The number of guanidine groups is 1. The molecule has 2 aromatic rings. The maximum Gasteiger partial charge on any atom is 0.435 e. The average molecular weight is 521 g/mol. The van der Waals surface area contributed by atoms with E-state index in [2.05, 4.69) is 44.6 Å². The summed E-state index contributed by atoms with van der Waals surface area (Å²) in [6, 6.07) is 10.4. The monoisotopic (exact) mass is 521 g/mol. The first-order valence-electron chi connectivity index (χ1n) is 9.46. The molecule has 1 aliphatic heterocycles. The van der Waals surface area contributed by atoms with E-state index >= 15 is 0 Å². The number of alkyl halides is 3. The van der Waals surface area contributed by atoms with Crippen molar-refractivity contribution < 1.29 is 13.2 Å². The molecule has 1 aliphatic rings. The maximum atomic E-state index is 13.1. The first-order valence-corrected chi connectivity index (χ1v) is 9.46. The van der Waals surface area contributed by atoms with Gasteiger partial charge in [0.25, 0.3) is 0 Å². The van der Waals surface area contributed by atoms with Crippen molar-refractivity contribution in [3.8, 4) is 0 Å². The van der Waals surface area contributed by atoms with Gasteiger partial charge in [0.15, 0.2) is 11.7 Å². The molecule has 0 radical (unpaired) electrons. The van der Waals surface area contributed by atoms with Crippen molar-refractivity contribution in [1.82, 2.24) is 20.0 Å². The van der Waals surface area contributed by atoms with E-state index in [-0.39, 0.29) is 36.1 Å². The third-order valence-corrected chi connectivity index (χ3v) is 5.10. The van der Waals surface area contributed by atoms with E-state index in [4.69, 9.17) is 0 Å². The molecule has 2 heterocycles. The second kappa shape index (κ2) is 10.3. The van der Waals surface area contributed by atoms with Gasteiger partial charge in [0.05, 0.1) is 0 Å². The van der Waals surface area contributed by atoms with Gasteiger partial charge in [-0.25, -0.2) is 0 Å². The van der Waals surface area contributed by atoms with E-state index in [1.54, 1.807) is 7.05 Å². The van der Waals surface area contributed by atoms with E-state index in [0.717, 1.165) is 32.4 Å². The Morgan fingerprint density at radius 1 is 1.21 bits per heavy atom. The smallest absolute Gasteiger partial charge is 0.352 e. The minimum Gasteiger partial charge on any atom is -0.352 e. The number of nitrogens with one attached hydrogen (secondary N) is 1. The quantitative estimate of drug-likeness (QED) is 0.375. The summed E-state index contributed by atoms with van der Waals surface area (Å²) in [7, 11) is 3.15. The van der Waals surface area contributed by atoms with Gasteiger partial charge in [-0.15, -0.1) is 24.0 Å². The van der Waals surface area contributed by atoms with Crippen LogP contribution in [0.5, 0.6) is 0 Å². The van der Waals surface area contributed by atoms with Crippen molar-refractivity contribution in [3.63, 3.8) is 0 Å². The highest BCUT2D eigenvalue weighted by molar-refractivity contribution is 14.0. The van der Waals surface area contributed by atoms with E-state index < -0.39 is 11.9 Å². The highest BCUT2D eigenvalue weighted by atomic mass is 127. The molecule has 0 spiro atoms.